The van der Waals surface area contributed by atoms with Crippen LogP contribution in [0.2, 0.25) is 0 Å². The summed E-state index contributed by atoms with van der Waals surface area (Å²) in [6, 6.07) is 0. The molecule has 2 N–H and O–H groups in total. The van der Waals surface area contributed by atoms with Crippen molar-refractivity contribution in [2.24, 2.45) is 0 Å². The lowest BCUT2D eigenvalue weighted by atomic mass is 10.0. The van der Waals surface area contributed by atoms with Crippen LogP contribution in [-0.2, 0) is 0 Å². The second kappa shape index (κ2) is 4.82. The van der Waals surface area contributed by atoms with E-state index < -0.39 is 10.6 Å². The molecule has 2 rings (SSSR count). The van der Waals surface area contributed by atoms with E-state index >= 15 is 0 Å². The molecular weight excluding hydrogens is 236 g/mol. The fraction of sp³-hybridized carbons (Fsp3) is 0.273. The van der Waals surface area contributed by atoms with Crippen molar-refractivity contribution in [3.63, 3.8) is 0 Å². The van der Waals surface area contributed by atoms with Crippen molar-refractivity contribution in [1.82, 2.24) is 9.97 Å². The highest BCUT2D eigenvalue weighted by molar-refractivity contribution is 5.58. The lowest BCUT2D eigenvalue weighted by Gasteiger charge is -2.17. The first-order valence-electron chi connectivity index (χ1n) is 5.33. The number of hydrogen-bond donors (Lipinski definition) is 1. The van der Waals surface area contributed by atoms with Crippen LogP contribution in [0, 0.1) is 10.1 Å². The smallest absolute Gasteiger partial charge is 0.372 e. The predicted octanol–water partition coefficient (Wildman–Crippen LogP) is 1.62. The summed E-state index contributed by atoms with van der Waals surface area (Å²) in [6.07, 6.45) is 7.16. The molecule has 0 radical (unpaired) electrons. The summed E-state index contributed by atoms with van der Waals surface area (Å²) >= 11 is 0. The normalized spacial score (nSPS) is 18.3. The average molecular weight is 248 g/mol. The van der Waals surface area contributed by atoms with Gasteiger partial charge in [-0.3, -0.25) is 10.1 Å². The molecule has 1 aliphatic carbocycles. The summed E-state index contributed by atoms with van der Waals surface area (Å²) in [5.41, 5.74) is 6.19. The molecule has 0 aromatic carbocycles. The highest BCUT2D eigenvalue weighted by Gasteiger charge is 2.24. The molecule has 1 aliphatic rings. The van der Waals surface area contributed by atoms with Crippen molar-refractivity contribution in [2.75, 3.05) is 5.73 Å². The molecule has 0 saturated heterocycles. The van der Waals surface area contributed by atoms with Crippen molar-refractivity contribution in [2.45, 2.75) is 19.4 Å². The first-order chi connectivity index (χ1) is 8.58. The zero-order valence-corrected chi connectivity index (χ0v) is 9.74. The van der Waals surface area contributed by atoms with Gasteiger partial charge in [-0.2, -0.15) is 4.98 Å². The largest absolute Gasteiger partial charge is 0.465 e. The Labute approximate surface area is 103 Å². The number of nitrogens with two attached hydrogens (primary N) is 1. The molecule has 0 bridgehead atoms. The fourth-order valence-electron chi connectivity index (χ4n) is 1.65. The lowest BCUT2D eigenvalue weighted by Crippen LogP contribution is -2.17. The average Bonchev–Trinajstić information content (AvgIpc) is 2.28. The maximum absolute atomic E-state index is 10.9. The van der Waals surface area contributed by atoms with Crippen molar-refractivity contribution >= 4 is 11.5 Å². The van der Waals surface area contributed by atoms with Crippen LogP contribution in [0.25, 0.3) is 0 Å². The zero-order chi connectivity index (χ0) is 13.1. The number of nitrogen functional groups attached to an aromatic ring is 1. The zero-order valence-electron chi connectivity index (χ0n) is 9.74. The van der Waals surface area contributed by atoms with Crippen LogP contribution in [0.4, 0.5) is 11.5 Å². The molecule has 0 saturated carbocycles. The summed E-state index contributed by atoms with van der Waals surface area (Å²) in [4.78, 5) is 17.6. The number of rotatable bonds is 3. The molecule has 94 valence electrons. The maximum atomic E-state index is 10.9. The Bertz CT molecular complexity index is 539. The van der Waals surface area contributed by atoms with E-state index in [1.807, 2.05) is 25.2 Å². The van der Waals surface area contributed by atoms with Crippen molar-refractivity contribution in [1.29, 1.82) is 0 Å². The second-order valence-corrected chi connectivity index (χ2v) is 3.93. The summed E-state index contributed by atoms with van der Waals surface area (Å²) in [5, 5.41) is 10.9. The van der Waals surface area contributed by atoms with Gasteiger partial charge in [0.2, 0.25) is 5.82 Å². The van der Waals surface area contributed by atoms with Crippen LogP contribution in [-0.4, -0.2) is 21.0 Å². The molecular formula is C11H12N4O3. The molecule has 0 unspecified atom stereocenters. The third-order valence-corrected chi connectivity index (χ3v) is 2.49. The van der Waals surface area contributed by atoms with Gasteiger partial charge in [0.1, 0.15) is 12.4 Å². The lowest BCUT2D eigenvalue weighted by molar-refractivity contribution is -0.385. The minimum Gasteiger partial charge on any atom is -0.465 e. The van der Waals surface area contributed by atoms with E-state index in [4.69, 9.17) is 10.5 Å². The number of allylic oxidation sites excluding steroid dienone is 2. The van der Waals surface area contributed by atoms with E-state index in [-0.39, 0.29) is 17.8 Å². The molecule has 0 amide bonds. The van der Waals surface area contributed by atoms with Gasteiger partial charge in [0, 0.05) is 6.42 Å². The summed E-state index contributed by atoms with van der Waals surface area (Å²) < 4.78 is 5.50. The van der Waals surface area contributed by atoms with E-state index in [0.717, 1.165) is 11.9 Å². The Morgan fingerprint density at radius 1 is 1.56 bits per heavy atom. The second-order valence-electron chi connectivity index (χ2n) is 3.93. The maximum Gasteiger partial charge on any atom is 0.372 e. The van der Waals surface area contributed by atoms with Crippen LogP contribution >= 0.6 is 0 Å². The van der Waals surface area contributed by atoms with Crippen LogP contribution < -0.4 is 10.5 Å². The summed E-state index contributed by atoms with van der Waals surface area (Å²) in [6.45, 7) is 1.96. The number of nitro groups is 1. The third-order valence-electron chi connectivity index (χ3n) is 2.49. The number of anilines is 1. The molecule has 0 spiro atoms. The summed E-state index contributed by atoms with van der Waals surface area (Å²) in [7, 11) is 0. The van der Waals surface area contributed by atoms with Crippen LogP contribution in [0.5, 0.6) is 5.88 Å². The molecule has 1 aromatic rings. The SMILES string of the molecule is CC1=CC=C[C@@H](Oc2ncnc(N)c2[N+](=O)[O-])C1. The van der Waals surface area contributed by atoms with Crippen molar-refractivity contribution in [3.05, 3.63) is 40.2 Å². The first-order valence-corrected chi connectivity index (χ1v) is 5.33. The van der Waals surface area contributed by atoms with Gasteiger partial charge in [0.05, 0.1) is 4.92 Å². The van der Waals surface area contributed by atoms with Gasteiger partial charge in [-0.15, -0.1) is 0 Å². The topological polar surface area (TPSA) is 104 Å². The number of ether oxygens (including phenoxy) is 1. The number of nitrogens with zero attached hydrogens (tertiary/aromatic N) is 3. The first kappa shape index (κ1) is 12.0. The van der Waals surface area contributed by atoms with E-state index in [1.165, 1.54) is 0 Å². The standard InChI is InChI=1S/C11H12N4O3/c1-7-3-2-4-8(5-7)18-11-9(15(16)17)10(12)13-6-14-11/h2-4,6,8H,5H2,1H3,(H2,12,13,14)/t8-/m1/s1. The van der Waals surface area contributed by atoms with Gasteiger partial charge in [-0.25, -0.2) is 4.98 Å². The Balaban J connectivity index is 2.25. The highest BCUT2D eigenvalue weighted by Crippen LogP contribution is 2.30. The van der Waals surface area contributed by atoms with Crippen LogP contribution in [0.3, 0.4) is 0 Å². The molecule has 1 aromatic heterocycles. The van der Waals surface area contributed by atoms with Gasteiger partial charge in [0.15, 0.2) is 0 Å². The predicted molar refractivity (Wildman–Crippen MR) is 65.0 cm³/mol. The quantitative estimate of drug-likeness (QED) is 0.643. The molecule has 18 heavy (non-hydrogen) atoms. The van der Waals surface area contributed by atoms with E-state index in [1.54, 1.807) is 0 Å². The molecule has 0 aliphatic heterocycles. The van der Waals surface area contributed by atoms with Gasteiger partial charge < -0.3 is 10.5 Å². The van der Waals surface area contributed by atoms with E-state index in [0.29, 0.717) is 6.42 Å². The van der Waals surface area contributed by atoms with Crippen LogP contribution in [0.1, 0.15) is 13.3 Å². The van der Waals surface area contributed by atoms with Crippen molar-refractivity contribution in [3.8, 4) is 5.88 Å². The van der Waals surface area contributed by atoms with Gasteiger partial charge in [-0.05, 0) is 13.0 Å². The van der Waals surface area contributed by atoms with Crippen molar-refractivity contribution < 1.29 is 9.66 Å². The van der Waals surface area contributed by atoms with Crippen LogP contribution in [0.15, 0.2) is 30.1 Å². The third kappa shape index (κ3) is 2.45. The van der Waals surface area contributed by atoms with Gasteiger partial charge in [-0.1, -0.05) is 17.7 Å². The Hall–Kier alpha value is -2.44. The molecule has 1 atom stereocenters. The van der Waals surface area contributed by atoms with Gasteiger partial charge >= 0.3 is 5.69 Å². The highest BCUT2D eigenvalue weighted by atomic mass is 16.6. The molecule has 7 heteroatoms. The van der Waals surface area contributed by atoms with E-state index in [9.17, 15) is 10.1 Å². The Kier molecular flexibility index (Phi) is 3.22. The molecule has 7 nitrogen and oxygen atoms in total. The van der Waals surface area contributed by atoms with Gasteiger partial charge in [0.25, 0.3) is 5.88 Å². The number of hydrogen-bond acceptors (Lipinski definition) is 6. The monoisotopic (exact) mass is 248 g/mol. The number of aromatic nitrogens is 2. The molecule has 1 heterocycles. The minimum atomic E-state index is -0.639. The fourth-order valence-corrected chi connectivity index (χ4v) is 1.65. The summed E-state index contributed by atoms with van der Waals surface area (Å²) in [5.74, 6) is -0.297. The minimum absolute atomic E-state index is 0.100. The Morgan fingerprint density at radius 3 is 3.00 bits per heavy atom. The van der Waals surface area contributed by atoms with E-state index in [2.05, 4.69) is 9.97 Å². The Morgan fingerprint density at radius 2 is 2.33 bits per heavy atom. The molecule has 0 fully saturated rings.